The van der Waals surface area contributed by atoms with Crippen LogP contribution in [0.5, 0.6) is 0 Å². The van der Waals surface area contributed by atoms with E-state index in [9.17, 15) is 17.6 Å². The molecule has 3 rings (SSSR count). The van der Waals surface area contributed by atoms with Crippen molar-refractivity contribution < 1.29 is 17.6 Å². The molecular weight excluding hydrogens is 284 g/mol. The summed E-state index contributed by atoms with van der Waals surface area (Å²) in [7, 11) is 0. The number of benzene rings is 2. The van der Waals surface area contributed by atoms with E-state index in [2.05, 4.69) is 10.3 Å². The summed E-state index contributed by atoms with van der Waals surface area (Å²) >= 11 is 0. The third kappa shape index (κ3) is 2.40. The molecule has 0 aliphatic carbocycles. The summed E-state index contributed by atoms with van der Waals surface area (Å²) in [4.78, 5) is 2.50. The Bertz CT molecular complexity index is 807. The first-order chi connectivity index (χ1) is 10.1. The lowest BCUT2D eigenvalue weighted by atomic mass is 10.1. The largest absolute Gasteiger partial charge is 0.350 e. The molecule has 1 aromatic heterocycles. The highest BCUT2D eigenvalue weighted by molar-refractivity contribution is 5.86. The summed E-state index contributed by atoms with van der Waals surface area (Å²) in [6.45, 7) is 0. The zero-order valence-electron chi connectivity index (χ0n) is 10.5. The molecule has 0 unspecified atom stereocenters. The quantitative estimate of drug-likeness (QED) is 0.554. The lowest BCUT2D eigenvalue weighted by Gasteiger charge is -2.10. The minimum Gasteiger partial charge on any atom is -0.350 e. The summed E-state index contributed by atoms with van der Waals surface area (Å²) < 4.78 is 53.2. The molecule has 0 spiro atoms. The van der Waals surface area contributed by atoms with Crippen molar-refractivity contribution in [3.8, 4) is 0 Å². The molecule has 6 heteroatoms. The number of aromatic nitrogens is 1. The van der Waals surface area contributed by atoms with Crippen LogP contribution < -0.4 is 5.32 Å². The second-order valence-electron chi connectivity index (χ2n) is 4.38. The van der Waals surface area contributed by atoms with Gasteiger partial charge in [-0.25, -0.2) is 0 Å². The van der Waals surface area contributed by atoms with Crippen LogP contribution >= 0.6 is 0 Å². The molecule has 1 heterocycles. The van der Waals surface area contributed by atoms with Crippen molar-refractivity contribution in [3.63, 3.8) is 0 Å². The highest BCUT2D eigenvalue weighted by atomic mass is 19.2. The Hall–Kier alpha value is -2.63. The lowest BCUT2D eigenvalue weighted by molar-refractivity contribution is 0.411. The van der Waals surface area contributed by atoms with E-state index in [1.807, 2.05) is 12.1 Å². The van der Waals surface area contributed by atoms with Crippen molar-refractivity contribution in [1.29, 1.82) is 0 Å². The van der Waals surface area contributed by atoms with Crippen LogP contribution in [0.1, 0.15) is 0 Å². The van der Waals surface area contributed by atoms with Gasteiger partial charge >= 0.3 is 0 Å². The molecule has 3 aromatic rings. The van der Waals surface area contributed by atoms with Crippen LogP contribution in [0.3, 0.4) is 0 Å². The number of nitrogens with one attached hydrogen (secondary N) is 1. The molecule has 2 aromatic carbocycles. The molecule has 0 saturated heterocycles. The number of anilines is 2. The Labute approximate surface area is 117 Å². The molecule has 21 heavy (non-hydrogen) atoms. The maximum Gasteiger partial charge on any atom is 0.253 e. The van der Waals surface area contributed by atoms with E-state index in [0.29, 0.717) is 5.69 Å². The van der Waals surface area contributed by atoms with Gasteiger partial charge in [0.1, 0.15) is 5.69 Å². The minimum atomic E-state index is -1.70. The number of rotatable bonds is 2. The summed E-state index contributed by atoms with van der Waals surface area (Å²) in [6, 6.07) is 12.2. The predicted octanol–water partition coefficient (Wildman–Crippen LogP) is 4.53. The van der Waals surface area contributed by atoms with Crippen molar-refractivity contribution in [3.05, 3.63) is 66.0 Å². The number of hydrogen-bond donors (Lipinski definition) is 1. The van der Waals surface area contributed by atoms with E-state index in [1.165, 1.54) is 0 Å². The normalized spacial score (nSPS) is 10.9. The SMILES string of the molecule is Fc1nc(F)c(F)c(Nc2ccc3ccccc3c2)c1F. The smallest absolute Gasteiger partial charge is 0.253 e. The molecule has 1 N–H and O–H groups in total. The highest BCUT2D eigenvalue weighted by Crippen LogP contribution is 2.27. The van der Waals surface area contributed by atoms with Gasteiger partial charge in [-0.2, -0.15) is 22.5 Å². The van der Waals surface area contributed by atoms with E-state index in [1.54, 1.807) is 30.3 Å². The second-order valence-corrected chi connectivity index (χ2v) is 4.38. The first-order valence-electron chi connectivity index (χ1n) is 6.02. The fourth-order valence-electron chi connectivity index (χ4n) is 2.01. The maximum absolute atomic E-state index is 13.5. The first-order valence-corrected chi connectivity index (χ1v) is 6.02. The van der Waals surface area contributed by atoms with Gasteiger partial charge in [-0.3, -0.25) is 0 Å². The molecule has 0 radical (unpaired) electrons. The standard InChI is InChI=1S/C15H8F4N2/c16-11-13(12(17)15(19)21-14(11)18)20-10-6-5-8-3-1-2-4-9(8)7-10/h1-7H,(H,20,21). The van der Waals surface area contributed by atoms with Gasteiger partial charge in [-0.15, -0.1) is 0 Å². The Kier molecular flexibility index (Phi) is 3.21. The van der Waals surface area contributed by atoms with E-state index in [0.717, 1.165) is 10.8 Å². The molecule has 0 fully saturated rings. The van der Waals surface area contributed by atoms with Gasteiger partial charge in [-0.1, -0.05) is 30.3 Å². The van der Waals surface area contributed by atoms with E-state index < -0.39 is 29.2 Å². The molecule has 0 atom stereocenters. The fraction of sp³-hybridized carbons (Fsp3) is 0. The molecule has 106 valence electrons. The van der Waals surface area contributed by atoms with Gasteiger partial charge in [-0.05, 0) is 22.9 Å². The van der Waals surface area contributed by atoms with Crippen molar-refractivity contribution >= 4 is 22.1 Å². The van der Waals surface area contributed by atoms with E-state index >= 15 is 0 Å². The number of nitrogens with zero attached hydrogens (tertiary/aromatic N) is 1. The maximum atomic E-state index is 13.5. The summed E-state index contributed by atoms with van der Waals surface area (Å²) in [6.07, 6.45) is 0. The average Bonchev–Trinajstić information content (AvgIpc) is 2.49. The van der Waals surface area contributed by atoms with Crippen LogP contribution in [0.4, 0.5) is 28.9 Å². The van der Waals surface area contributed by atoms with Gasteiger partial charge in [0.15, 0.2) is 0 Å². The summed E-state index contributed by atoms with van der Waals surface area (Å²) in [5.74, 6) is -6.53. The zero-order valence-corrected chi connectivity index (χ0v) is 10.5. The van der Waals surface area contributed by atoms with Crippen LogP contribution in [0.2, 0.25) is 0 Å². The second kappa shape index (κ2) is 5.05. The van der Waals surface area contributed by atoms with Crippen LogP contribution in [0.25, 0.3) is 10.8 Å². The minimum absolute atomic E-state index is 0.302. The predicted molar refractivity (Wildman–Crippen MR) is 71.3 cm³/mol. The average molecular weight is 292 g/mol. The lowest BCUT2D eigenvalue weighted by Crippen LogP contribution is -2.06. The van der Waals surface area contributed by atoms with Crippen molar-refractivity contribution in [2.45, 2.75) is 0 Å². The van der Waals surface area contributed by atoms with E-state index in [4.69, 9.17) is 0 Å². The Balaban J connectivity index is 2.06. The molecule has 0 saturated carbocycles. The summed E-state index contributed by atoms with van der Waals surface area (Å²) in [5, 5.41) is 4.09. The number of fused-ring (bicyclic) bond motifs is 1. The third-order valence-electron chi connectivity index (χ3n) is 3.02. The van der Waals surface area contributed by atoms with Crippen LogP contribution in [0, 0.1) is 23.5 Å². The molecule has 2 nitrogen and oxygen atoms in total. The topological polar surface area (TPSA) is 24.9 Å². The van der Waals surface area contributed by atoms with Gasteiger partial charge < -0.3 is 5.32 Å². The van der Waals surface area contributed by atoms with Gasteiger partial charge in [0.05, 0.1) is 0 Å². The Morgan fingerprint density at radius 1 is 0.762 bits per heavy atom. The fourth-order valence-corrected chi connectivity index (χ4v) is 2.01. The van der Waals surface area contributed by atoms with Crippen LogP contribution in [0.15, 0.2) is 42.5 Å². The third-order valence-corrected chi connectivity index (χ3v) is 3.02. The monoisotopic (exact) mass is 292 g/mol. The molecule has 0 amide bonds. The molecular formula is C15H8F4N2. The van der Waals surface area contributed by atoms with Gasteiger partial charge in [0.2, 0.25) is 11.6 Å². The summed E-state index contributed by atoms with van der Waals surface area (Å²) in [5.41, 5.74) is -0.605. The number of hydrogen-bond acceptors (Lipinski definition) is 2. The highest BCUT2D eigenvalue weighted by Gasteiger charge is 2.20. The zero-order chi connectivity index (χ0) is 15.0. The van der Waals surface area contributed by atoms with Crippen molar-refractivity contribution in [2.75, 3.05) is 5.32 Å². The van der Waals surface area contributed by atoms with Crippen LogP contribution in [-0.2, 0) is 0 Å². The molecule has 0 aliphatic rings. The molecule has 0 bridgehead atoms. The molecule has 0 aliphatic heterocycles. The Morgan fingerprint density at radius 2 is 1.38 bits per heavy atom. The van der Waals surface area contributed by atoms with Crippen molar-refractivity contribution in [1.82, 2.24) is 4.98 Å². The first kappa shape index (κ1) is 13.4. The number of pyridine rings is 1. The van der Waals surface area contributed by atoms with E-state index in [-0.39, 0.29) is 0 Å². The van der Waals surface area contributed by atoms with Crippen molar-refractivity contribution in [2.24, 2.45) is 0 Å². The van der Waals surface area contributed by atoms with Crippen LogP contribution in [-0.4, -0.2) is 4.98 Å². The Morgan fingerprint density at radius 3 is 2.05 bits per heavy atom. The van der Waals surface area contributed by atoms with Gasteiger partial charge in [0, 0.05) is 5.69 Å². The van der Waals surface area contributed by atoms with Gasteiger partial charge in [0.25, 0.3) is 11.9 Å². The number of halogens is 4.